The average molecular weight is 410 g/mol. The van der Waals surface area contributed by atoms with Crippen molar-refractivity contribution in [2.75, 3.05) is 31.6 Å². The van der Waals surface area contributed by atoms with Crippen molar-refractivity contribution in [1.82, 2.24) is 4.90 Å². The number of fused-ring (bicyclic) bond motifs is 1. The van der Waals surface area contributed by atoms with Gasteiger partial charge in [-0.15, -0.1) is 12.4 Å². The summed E-state index contributed by atoms with van der Waals surface area (Å²) in [6.45, 7) is 4.80. The van der Waals surface area contributed by atoms with Gasteiger partial charge in [-0.25, -0.2) is 0 Å². The molecule has 0 saturated carbocycles. The summed E-state index contributed by atoms with van der Waals surface area (Å²) in [6.07, 6.45) is 1.31. The Morgan fingerprint density at radius 3 is 2.83 bits per heavy atom. The van der Waals surface area contributed by atoms with Crippen molar-refractivity contribution >= 4 is 34.0 Å². The van der Waals surface area contributed by atoms with Crippen LogP contribution in [0.5, 0.6) is 0 Å². The lowest BCUT2D eigenvalue weighted by Gasteiger charge is -2.33. The summed E-state index contributed by atoms with van der Waals surface area (Å²) in [7, 11) is 0. The van der Waals surface area contributed by atoms with E-state index in [4.69, 9.17) is 4.74 Å². The Morgan fingerprint density at radius 2 is 2.00 bits per heavy atom. The van der Waals surface area contributed by atoms with Crippen LogP contribution < -0.4 is 5.32 Å². The molecule has 0 aromatic heterocycles. The number of nitrogens with zero attached hydrogens (tertiary/aromatic N) is 1. The zero-order chi connectivity index (χ0) is 15.6. The molecule has 4 rings (SSSR count). The summed E-state index contributed by atoms with van der Waals surface area (Å²) in [6, 6.07) is 15.2. The minimum atomic E-state index is 0. The highest BCUT2D eigenvalue weighted by molar-refractivity contribution is 9.10. The fourth-order valence-corrected chi connectivity index (χ4v) is 3.77. The van der Waals surface area contributed by atoms with Gasteiger partial charge in [-0.2, -0.15) is 0 Å². The summed E-state index contributed by atoms with van der Waals surface area (Å²) in [5, 5.41) is 3.54. The van der Waals surface area contributed by atoms with E-state index in [9.17, 15) is 0 Å². The molecule has 2 aliphatic heterocycles. The van der Waals surface area contributed by atoms with Crippen LogP contribution in [0.1, 0.15) is 22.8 Å². The van der Waals surface area contributed by atoms with Crippen molar-refractivity contribution in [1.29, 1.82) is 0 Å². The molecule has 5 heteroatoms. The predicted molar refractivity (Wildman–Crippen MR) is 104 cm³/mol. The molecule has 2 heterocycles. The van der Waals surface area contributed by atoms with Crippen LogP contribution in [0.25, 0.3) is 0 Å². The third-order valence-electron chi connectivity index (χ3n) is 4.72. The van der Waals surface area contributed by atoms with E-state index in [1.54, 1.807) is 0 Å². The van der Waals surface area contributed by atoms with E-state index in [0.29, 0.717) is 0 Å². The van der Waals surface area contributed by atoms with E-state index >= 15 is 0 Å². The Kier molecular flexibility index (Phi) is 5.82. The van der Waals surface area contributed by atoms with Gasteiger partial charge in [0.1, 0.15) is 0 Å². The van der Waals surface area contributed by atoms with Gasteiger partial charge in [0.15, 0.2) is 0 Å². The molecule has 2 aromatic carbocycles. The molecule has 1 saturated heterocycles. The maximum absolute atomic E-state index is 5.99. The smallest absolute Gasteiger partial charge is 0.0952 e. The molecule has 0 spiro atoms. The predicted octanol–water partition coefficient (Wildman–Crippen LogP) is 4.41. The molecule has 1 atom stereocenters. The van der Waals surface area contributed by atoms with Crippen LogP contribution >= 0.6 is 28.3 Å². The number of halogens is 2. The lowest BCUT2D eigenvalue weighted by atomic mass is 10.1. The maximum atomic E-state index is 5.99. The Labute approximate surface area is 157 Å². The minimum Gasteiger partial charge on any atom is -0.384 e. The molecule has 0 amide bonds. The Morgan fingerprint density at radius 1 is 1.17 bits per heavy atom. The number of para-hydroxylation sites is 1. The Bertz CT molecular complexity index is 692. The third kappa shape index (κ3) is 3.77. The van der Waals surface area contributed by atoms with Crippen molar-refractivity contribution in [3.8, 4) is 0 Å². The molecule has 24 heavy (non-hydrogen) atoms. The fraction of sp³-hybridized carbons (Fsp3) is 0.368. The highest BCUT2D eigenvalue weighted by Gasteiger charge is 2.23. The van der Waals surface area contributed by atoms with Crippen LogP contribution in [0.4, 0.5) is 5.69 Å². The number of hydrogen-bond donors (Lipinski definition) is 1. The third-order valence-corrected chi connectivity index (χ3v) is 5.25. The lowest BCUT2D eigenvalue weighted by Crippen LogP contribution is -2.37. The van der Waals surface area contributed by atoms with Gasteiger partial charge in [-0.3, -0.25) is 4.90 Å². The van der Waals surface area contributed by atoms with Gasteiger partial charge in [0.2, 0.25) is 0 Å². The normalized spacial score (nSPS) is 20.1. The Balaban J connectivity index is 0.00000169. The monoisotopic (exact) mass is 408 g/mol. The van der Waals surface area contributed by atoms with Crippen LogP contribution in [-0.4, -0.2) is 31.1 Å². The van der Waals surface area contributed by atoms with Crippen LogP contribution in [-0.2, 0) is 17.7 Å². The van der Waals surface area contributed by atoms with E-state index in [0.717, 1.165) is 43.7 Å². The Hall–Kier alpha value is -1.07. The molecule has 0 radical (unpaired) electrons. The van der Waals surface area contributed by atoms with Crippen LogP contribution in [0.15, 0.2) is 46.9 Å². The molecule has 1 fully saturated rings. The zero-order valence-corrected chi connectivity index (χ0v) is 15.9. The standard InChI is InChI=1S/C19H21BrN2O.ClH/c20-17-6-4-14(5-7-17)18-13-22(10-11-23-18)12-16-3-1-2-15-8-9-21-19(15)16;/h1-7,18,21H,8-13H2;1H. The molecule has 0 aliphatic carbocycles. The van der Waals surface area contributed by atoms with Gasteiger partial charge < -0.3 is 10.1 Å². The molecule has 3 nitrogen and oxygen atoms in total. The second-order valence-electron chi connectivity index (χ2n) is 6.27. The van der Waals surface area contributed by atoms with Gasteiger partial charge in [0, 0.05) is 36.3 Å². The number of morpholine rings is 1. The topological polar surface area (TPSA) is 24.5 Å². The first kappa shape index (κ1) is 17.7. The summed E-state index contributed by atoms with van der Waals surface area (Å²) in [5.74, 6) is 0. The summed E-state index contributed by atoms with van der Waals surface area (Å²) >= 11 is 3.50. The molecule has 128 valence electrons. The lowest BCUT2D eigenvalue weighted by molar-refractivity contribution is -0.0328. The number of anilines is 1. The SMILES string of the molecule is Brc1ccc(C2CN(Cc3cccc4c3NCC4)CCO2)cc1.Cl. The van der Waals surface area contributed by atoms with Gasteiger partial charge in [-0.05, 0) is 35.2 Å². The molecule has 2 aromatic rings. The molecular formula is C19H22BrClN2O. The van der Waals surface area contributed by atoms with Gasteiger partial charge in [0.25, 0.3) is 0 Å². The van der Waals surface area contributed by atoms with E-state index in [1.165, 1.54) is 22.4 Å². The second-order valence-corrected chi connectivity index (χ2v) is 7.19. The zero-order valence-electron chi connectivity index (χ0n) is 13.5. The van der Waals surface area contributed by atoms with Crippen molar-refractivity contribution < 1.29 is 4.74 Å². The van der Waals surface area contributed by atoms with E-state index in [1.807, 2.05) is 0 Å². The molecule has 1 N–H and O–H groups in total. The van der Waals surface area contributed by atoms with Crippen molar-refractivity contribution in [3.05, 3.63) is 63.6 Å². The maximum Gasteiger partial charge on any atom is 0.0952 e. The van der Waals surface area contributed by atoms with Crippen molar-refractivity contribution in [2.24, 2.45) is 0 Å². The fourth-order valence-electron chi connectivity index (χ4n) is 3.51. The summed E-state index contributed by atoms with van der Waals surface area (Å²) in [5.41, 5.74) is 5.49. The van der Waals surface area contributed by atoms with Gasteiger partial charge in [-0.1, -0.05) is 46.3 Å². The van der Waals surface area contributed by atoms with E-state index in [2.05, 4.69) is 68.6 Å². The number of hydrogen-bond acceptors (Lipinski definition) is 3. The van der Waals surface area contributed by atoms with Crippen molar-refractivity contribution in [2.45, 2.75) is 19.1 Å². The highest BCUT2D eigenvalue weighted by atomic mass is 79.9. The van der Waals surface area contributed by atoms with E-state index in [-0.39, 0.29) is 18.5 Å². The molecule has 1 unspecified atom stereocenters. The summed E-state index contributed by atoms with van der Waals surface area (Å²) < 4.78 is 7.10. The van der Waals surface area contributed by atoms with Crippen LogP contribution in [0, 0.1) is 0 Å². The van der Waals surface area contributed by atoms with Gasteiger partial charge >= 0.3 is 0 Å². The molecular weight excluding hydrogens is 388 g/mol. The molecule has 0 bridgehead atoms. The minimum absolute atomic E-state index is 0. The number of benzene rings is 2. The second kappa shape index (κ2) is 7.87. The summed E-state index contributed by atoms with van der Waals surface area (Å²) in [4.78, 5) is 2.51. The quantitative estimate of drug-likeness (QED) is 0.812. The van der Waals surface area contributed by atoms with Crippen molar-refractivity contribution in [3.63, 3.8) is 0 Å². The first-order valence-electron chi connectivity index (χ1n) is 8.24. The highest BCUT2D eigenvalue weighted by Crippen LogP contribution is 2.29. The molecule has 2 aliphatic rings. The van der Waals surface area contributed by atoms with E-state index < -0.39 is 0 Å². The first-order chi connectivity index (χ1) is 11.3. The van der Waals surface area contributed by atoms with Gasteiger partial charge in [0.05, 0.1) is 12.7 Å². The average Bonchev–Trinajstić information content (AvgIpc) is 3.06. The van der Waals surface area contributed by atoms with Crippen LogP contribution in [0.2, 0.25) is 0 Å². The number of rotatable bonds is 3. The number of ether oxygens (including phenoxy) is 1. The number of nitrogens with one attached hydrogen (secondary N) is 1. The largest absolute Gasteiger partial charge is 0.384 e. The van der Waals surface area contributed by atoms with Crippen LogP contribution in [0.3, 0.4) is 0 Å². The first-order valence-corrected chi connectivity index (χ1v) is 9.03.